The molecule has 1 amide bonds. The van der Waals surface area contributed by atoms with Crippen LogP contribution in [0.15, 0.2) is 70.8 Å². The van der Waals surface area contributed by atoms with Crippen LogP contribution in [-0.4, -0.2) is 46.8 Å². The molecule has 0 fully saturated rings. The summed E-state index contributed by atoms with van der Waals surface area (Å²) in [4.78, 5) is 16.9. The molecular formula is C29H32N4O4S. The van der Waals surface area contributed by atoms with E-state index in [1.54, 1.807) is 18.2 Å². The van der Waals surface area contributed by atoms with Gasteiger partial charge >= 0.3 is 0 Å². The third-order valence-corrected chi connectivity index (χ3v) is 6.52. The molecule has 0 radical (unpaired) electrons. The Hall–Kier alpha value is -3.85. The molecule has 0 bridgehead atoms. The van der Waals surface area contributed by atoms with Crippen LogP contribution in [0.25, 0.3) is 6.08 Å². The minimum Gasteiger partial charge on any atom is -0.490 e. The number of hydrogen-bond donors (Lipinski definition) is 1. The van der Waals surface area contributed by atoms with Crippen molar-refractivity contribution in [1.29, 1.82) is 5.41 Å². The first-order valence-corrected chi connectivity index (χ1v) is 13.4. The SMILES string of the molecule is C=CCc1ccccc1OCCOc1ccc(/C=C2/C(=N)N3N=C(CC(C)C)SC3=NC2=O)cc1OCC. The van der Waals surface area contributed by atoms with Crippen LogP contribution < -0.4 is 14.2 Å². The highest BCUT2D eigenvalue weighted by Gasteiger charge is 2.35. The predicted octanol–water partition coefficient (Wildman–Crippen LogP) is 5.94. The van der Waals surface area contributed by atoms with Gasteiger partial charge in [-0.25, -0.2) is 0 Å². The molecule has 198 valence electrons. The normalized spacial score (nSPS) is 15.9. The fraction of sp³-hybridized carbons (Fsp3) is 0.310. The standard InChI is InChI=1S/C29H32N4O4S/c1-5-9-21-10-7-8-11-23(21)36-14-15-37-24-13-12-20(18-25(24)35-6-2)17-22-27(30)33-29(31-28(22)34)38-26(32-33)16-19(3)4/h5,7-8,10-13,17-19,30H,1,6,9,14-16H2,2-4H3/b22-17-,30-27?. The number of nitrogens with zero attached hydrogens (tertiary/aromatic N) is 3. The second-order valence-electron chi connectivity index (χ2n) is 9.05. The molecule has 2 aliphatic rings. The smallest absolute Gasteiger partial charge is 0.283 e. The number of nitrogens with one attached hydrogen (secondary N) is 1. The lowest BCUT2D eigenvalue weighted by Crippen LogP contribution is -2.35. The van der Waals surface area contributed by atoms with Crippen LogP contribution in [0.3, 0.4) is 0 Å². The van der Waals surface area contributed by atoms with Gasteiger partial charge in [0.25, 0.3) is 5.91 Å². The highest BCUT2D eigenvalue weighted by atomic mass is 32.2. The molecule has 1 N–H and O–H groups in total. The molecule has 0 unspecified atom stereocenters. The Morgan fingerprint density at radius 1 is 1.08 bits per heavy atom. The molecule has 2 aliphatic heterocycles. The molecule has 2 aromatic rings. The van der Waals surface area contributed by atoms with Crippen molar-refractivity contribution in [2.45, 2.75) is 33.6 Å². The van der Waals surface area contributed by atoms with E-state index in [2.05, 4.69) is 30.5 Å². The molecule has 8 nitrogen and oxygen atoms in total. The monoisotopic (exact) mass is 532 g/mol. The first kappa shape index (κ1) is 27.2. The van der Waals surface area contributed by atoms with E-state index in [-0.39, 0.29) is 11.4 Å². The van der Waals surface area contributed by atoms with E-state index in [9.17, 15) is 4.79 Å². The maximum absolute atomic E-state index is 12.8. The highest BCUT2D eigenvalue weighted by molar-refractivity contribution is 8.26. The van der Waals surface area contributed by atoms with Crippen LogP contribution in [0.4, 0.5) is 0 Å². The highest BCUT2D eigenvalue weighted by Crippen LogP contribution is 2.33. The number of thioether (sulfide) groups is 1. The van der Waals surface area contributed by atoms with E-state index in [0.717, 1.165) is 29.2 Å². The van der Waals surface area contributed by atoms with E-state index >= 15 is 0 Å². The van der Waals surface area contributed by atoms with Crippen molar-refractivity contribution in [3.05, 3.63) is 71.8 Å². The quantitative estimate of drug-likeness (QED) is 0.207. The zero-order valence-electron chi connectivity index (χ0n) is 21.9. The van der Waals surface area contributed by atoms with Crippen LogP contribution >= 0.6 is 11.8 Å². The van der Waals surface area contributed by atoms with Gasteiger partial charge in [-0.2, -0.15) is 15.1 Å². The van der Waals surface area contributed by atoms with Gasteiger partial charge in [-0.1, -0.05) is 44.2 Å². The number of carbonyl (C=O) groups excluding carboxylic acids is 1. The number of para-hydroxylation sites is 1. The molecule has 2 heterocycles. The number of ether oxygens (including phenoxy) is 3. The Kier molecular flexibility index (Phi) is 9.02. The molecule has 2 aromatic carbocycles. The van der Waals surface area contributed by atoms with E-state index < -0.39 is 5.91 Å². The fourth-order valence-corrected chi connectivity index (χ4v) is 5.00. The molecule has 0 saturated carbocycles. The Balaban J connectivity index is 1.45. The third-order valence-electron chi connectivity index (χ3n) is 5.59. The number of fused-ring (bicyclic) bond motifs is 1. The molecule has 0 atom stereocenters. The van der Waals surface area contributed by atoms with Gasteiger partial charge < -0.3 is 14.2 Å². The summed E-state index contributed by atoms with van der Waals surface area (Å²) in [7, 11) is 0. The second-order valence-corrected chi connectivity index (χ2v) is 10.1. The lowest BCUT2D eigenvalue weighted by Gasteiger charge is -2.20. The number of aliphatic imine (C=N–C) groups is 1. The average Bonchev–Trinajstić information content (AvgIpc) is 3.28. The van der Waals surface area contributed by atoms with Crippen molar-refractivity contribution < 1.29 is 19.0 Å². The summed E-state index contributed by atoms with van der Waals surface area (Å²) in [5.41, 5.74) is 1.94. The maximum atomic E-state index is 12.8. The van der Waals surface area contributed by atoms with Gasteiger partial charge in [0.2, 0.25) is 5.17 Å². The first-order valence-electron chi connectivity index (χ1n) is 12.6. The van der Waals surface area contributed by atoms with Crippen molar-refractivity contribution >= 4 is 39.8 Å². The summed E-state index contributed by atoms with van der Waals surface area (Å²) < 4.78 is 17.7. The van der Waals surface area contributed by atoms with Crippen LogP contribution in [0.2, 0.25) is 0 Å². The maximum Gasteiger partial charge on any atom is 0.283 e. The lowest BCUT2D eigenvalue weighted by atomic mass is 10.1. The van der Waals surface area contributed by atoms with Crippen molar-refractivity contribution in [1.82, 2.24) is 5.01 Å². The molecule has 9 heteroatoms. The van der Waals surface area contributed by atoms with Gasteiger partial charge in [0.15, 0.2) is 17.3 Å². The number of amidine groups is 2. The predicted molar refractivity (Wildman–Crippen MR) is 153 cm³/mol. The average molecular weight is 533 g/mol. The van der Waals surface area contributed by atoms with Crippen molar-refractivity contribution in [2.75, 3.05) is 19.8 Å². The second kappa shape index (κ2) is 12.6. The van der Waals surface area contributed by atoms with E-state index in [1.807, 2.05) is 43.3 Å². The largest absolute Gasteiger partial charge is 0.490 e. The Labute approximate surface area is 227 Å². The number of hydrogen-bond acceptors (Lipinski definition) is 7. The molecular weight excluding hydrogens is 500 g/mol. The lowest BCUT2D eigenvalue weighted by molar-refractivity contribution is -0.114. The third kappa shape index (κ3) is 6.52. The van der Waals surface area contributed by atoms with E-state index in [1.165, 1.54) is 16.8 Å². The summed E-state index contributed by atoms with van der Waals surface area (Å²) >= 11 is 1.35. The minimum absolute atomic E-state index is 0.0124. The van der Waals surface area contributed by atoms with Gasteiger partial charge in [0, 0.05) is 6.42 Å². The van der Waals surface area contributed by atoms with Crippen LogP contribution in [-0.2, 0) is 11.2 Å². The molecule has 0 spiro atoms. The summed E-state index contributed by atoms with van der Waals surface area (Å²) in [5.74, 6) is 1.90. The molecule has 0 aliphatic carbocycles. The van der Waals surface area contributed by atoms with E-state index in [0.29, 0.717) is 48.0 Å². The topological polar surface area (TPSA) is 96.6 Å². The van der Waals surface area contributed by atoms with Gasteiger partial charge in [-0.15, -0.1) is 6.58 Å². The number of rotatable bonds is 12. The zero-order valence-corrected chi connectivity index (χ0v) is 22.7. The summed E-state index contributed by atoms with van der Waals surface area (Å²) in [6, 6.07) is 13.3. The molecule has 0 saturated heterocycles. The molecule has 0 aromatic heterocycles. The van der Waals surface area contributed by atoms with Gasteiger partial charge in [-0.05, 0) is 66.4 Å². The van der Waals surface area contributed by atoms with Crippen molar-refractivity contribution in [2.24, 2.45) is 16.0 Å². The Morgan fingerprint density at radius 3 is 2.58 bits per heavy atom. The first-order chi connectivity index (χ1) is 18.4. The van der Waals surface area contributed by atoms with Crippen LogP contribution in [0, 0.1) is 11.3 Å². The van der Waals surface area contributed by atoms with Gasteiger partial charge in [-0.3, -0.25) is 10.2 Å². The number of hydrazone groups is 1. The summed E-state index contributed by atoms with van der Waals surface area (Å²) in [6.45, 7) is 11.0. The minimum atomic E-state index is -0.457. The summed E-state index contributed by atoms with van der Waals surface area (Å²) in [5, 5.41) is 15.8. The number of amides is 1. The number of allylic oxidation sites excluding steroid dienone is 1. The van der Waals surface area contributed by atoms with E-state index in [4.69, 9.17) is 19.6 Å². The van der Waals surface area contributed by atoms with Gasteiger partial charge in [0.1, 0.15) is 24.0 Å². The van der Waals surface area contributed by atoms with Crippen LogP contribution in [0.5, 0.6) is 17.2 Å². The fourth-order valence-electron chi connectivity index (χ4n) is 3.90. The summed E-state index contributed by atoms with van der Waals surface area (Å²) in [6.07, 6.45) is 4.99. The molecule has 4 rings (SSSR count). The van der Waals surface area contributed by atoms with Gasteiger partial charge in [0.05, 0.1) is 12.2 Å². The zero-order chi connectivity index (χ0) is 27.1. The van der Waals surface area contributed by atoms with Crippen LogP contribution in [0.1, 0.15) is 38.3 Å². The van der Waals surface area contributed by atoms with Crippen molar-refractivity contribution in [3.63, 3.8) is 0 Å². The Morgan fingerprint density at radius 2 is 1.84 bits per heavy atom. The Bertz CT molecular complexity index is 1320. The molecule has 38 heavy (non-hydrogen) atoms. The number of benzene rings is 2. The van der Waals surface area contributed by atoms with Crippen molar-refractivity contribution in [3.8, 4) is 17.2 Å². The number of carbonyl (C=O) groups is 1.